The molecule has 4 heteroatoms. The summed E-state index contributed by atoms with van der Waals surface area (Å²) >= 11 is 3.37. The van der Waals surface area contributed by atoms with Crippen molar-refractivity contribution < 1.29 is 0 Å². The van der Waals surface area contributed by atoms with Gasteiger partial charge in [-0.15, -0.1) is 11.3 Å². The molecule has 2 aromatic carbocycles. The first-order chi connectivity index (χ1) is 10.7. The number of para-hydroxylation sites is 2. The molecule has 0 saturated heterocycles. The molecule has 0 aliphatic carbocycles. The third-order valence-electron chi connectivity index (χ3n) is 3.69. The van der Waals surface area contributed by atoms with E-state index in [1.165, 1.54) is 21.2 Å². The molecule has 0 amide bonds. The largest absolute Gasteiger partial charge is 0.241 e. The van der Waals surface area contributed by atoms with Gasteiger partial charge < -0.3 is 0 Å². The predicted molar refractivity (Wildman–Crippen MR) is 95.0 cm³/mol. The van der Waals surface area contributed by atoms with Crippen LogP contribution >= 0.6 is 23.1 Å². The number of hydrogen-bond acceptors (Lipinski definition) is 4. The van der Waals surface area contributed by atoms with Gasteiger partial charge in [0.15, 0.2) is 4.34 Å². The van der Waals surface area contributed by atoms with Crippen molar-refractivity contribution in [3.8, 4) is 0 Å². The minimum absolute atomic E-state index is 1.01. The van der Waals surface area contributed by atoms with Crippen molar-refractivity contribution in [2.45, 2.75) is 23.2 Å². The maximum absolute atomic E-state index is 4.83. The van der Waals surface area contributed by atoms with Crippen LogP contribution in [0.1, 0.15) is 11.1 Å². The van der Waals surface area contributed by atoms with Gasteiger partial charge in [0, 0.05) is 5.39 Å². The number of nitrogens with zero attached hydrogens (tertiary/aromatic N) is 2. The van der Waals surface area contributed by atoms with Crippen molar-refractivity contribution in [3.63, 3.8) is 0 Å². The van der Waals surface area contributed by atoms with Gasteiger partial charge >= 0.3 is 0 Å². The molecule has 22 heavy (non-hydrogen) atoms. The Hall–Kier alpha value is -1.91. The number of benzene rings is 2. The van der Waals surface area contributed by atoms with E-state index >= 15 is 0 Å². The minimum atomic E-state index is 1.01. The highest BCUT2D eigenvalue weighted by molar-refractivity contribution is 8.01. The van der Waals surface area contributed by atoms with Gasteiger partial charge in [-0.25, -0.2) is 9.97 Å². The van der Waals surface area contributed by atoms with Crippen LogP contribution in [0.5, 0.6) is 0 Å². The summed E-state index contributed by atoms with van der Waals surface area (Å²) in [5, 5.41) is 2.24. The van der Waals surface area contributed by atoms with E-state index in [0.717, 1.165) is 20.4 Å². The molecule has 0 spiro atoms. The smallest absolute Gasteiger partial charge is 0.157 e. The van der Waals surface area contributed by atoms with E-state index in [4.69, 9.17) is 4.98 Å². The van der Waals surface area contributed by atoms with Crippen molar-refractivity contribution in [3.05, 3.63) is 59.7 Å². The maximum atomic E-state index is 4.83. The first-order valence-electron chi connectivity index (χ1n) is 7.11. The minimum Gasteiger partial charge on any atom is -0.241 e. The summed E-state index contributed by atoms with van der Waals surface area (Å²) in [5.41, 5.74) is 4.62. The van der Waals surface area contributed by atoms with Crippen LogP contribution in [0.2, 0.25) is 0 Å². The van der Waals surface area contributed by atoms with Crippen LogP contribution < -0.4 is 0 Å². The molecule has 4 aromatic rings. The Morgan fingerprint density at radius 3 is 2.64 bits per heavy atom. The average Bonchev–Trinajstić information content (AvgIpc) is 2.90. The van der Waals surface area contributed by atoms with Crippen LogP contribution in [0.25, 0.3) is 21.1 Å². The number of aryl methyl sites for hydroxylation is 2. The molecule has 0 N–H and O–H groups in total. The summed E-state index contributed by atoms with van der Waals surface area (Å²) in [7, 11) is 0. The molecule has 0 aliphatic heterocycles. The Balaban J connectivity index is 1.79. The number of pyridine rings is 1. The average molecular weight is 322 g/mol. The molecule has 2 aromatic heterocycles. The van der Waals surface area contributed by atoms with Crippen molar-refractivity contribution in [1.29, 1.82) is 0 Å². The van der Waals surface area contributed by atoms with Crippen LogP contribution in [0.15, 0.2) is 57.9 Å². The fourth-order valence-electron chi connectivity index (χ4n) is 2.57. The molecular formula is C18H14N2S2. The first kappa shape index (κ1) is 13.7. The lowest BCUT2D eigenvalue weighted by atomic mass is 10.1. The summed E-state index contributed by atoms with van der Waals surface area (Å²) < 4.78 is 2.26. The third kappa shape index (κ3) is 2.38. The topological polar surface area (TPSA) is 25.8 Å². The van der Waals surface area contributed by atoms with E-state index in [9.17, 15) is 0 Å². The van der Waals surface area contributed by atoms with Crippen LogP contribution in [-0.2, 0) is 0 Å². The molecule has 0 aliphatic rings. The molecule has 0 bridgehead atoms. The van der Waals surface area contributed by atoms with Crippen molar-refractivity contribution in [1.82, 2.24) is 9.97 Å². The van der Waals surface area contributed by atoms with Crippen molar-refractivity contribution in [2.24, 2.45) is 0 Å². The summed E-state index contributed by atoms with van der Waals surface area (Å²) in [5.74, 6) is 0. The van der Waals surface area contributed by atoms with Crippen LogP contribution in [-0.4, -0.2) is 9.97 Å². The Labute approximate surface area is 137 Å². The van der Waals surface area contributed by atoms with Crippen molar-refractivity contribution >= 4 is 44.2 Å². The van der Waals surface area contributed by atoms with E-state index in [2.05, 4.69) is 61.3 Å². The molecule has 2 nitrogen and oxygen atoms in total. The second-order valence-corrected chi connectivity index (χ2v) is 7.60. The molecule has 108 valence electrons. The number of thiazole rings is 1. The van der Waals surface area contributed by atoms with Crippen LogP contribution in [0, 0.1) is 13.8 Å². The quantitative estimate of drug-likeness (QED) is 0.479. The van der Waals surface area contributed by atoms with Crippen LogP contribution in [0.4, 0.5) is 0 Å². The lowest BCUT2D eigenvalue weighted by molar-refractivity contribution is 1.15. The molecule has 0 radical (unpaired) electrons. The maximum Gasteiger partial charge on any atom is 0.157 e. The van der Waals surface area contributed by atoms with E-state index < -0.39 is 0 Å². The molecular weight excluding hydrogens is 308 g/mol. The SMILES string of the molecule is Cc1cc(Sc2nc3ccccc3s2)nc2c(C)cccc12. The summed E-state index contributed by atoms with van der Waals surface area (Å²) in [6.07, 6.45) is 0. The normalized spacial score (nSPS) is 11.4. The van der Waals surface area contributed by atoms with E-state index in [1.54, 1.807) is 23.1 Å². The second-order valence-electron chi connectivity index (χ2n) is 5.30. The van der Waals surface area contributed by atoms with Gasteiger partial charge in [-0.2, -0.15) is 0 Å². The summed E-state index contributed by atoms with van der Waals surface area (Å²) in [4.78, 5) is 9.51. The van der Waals surface area contributed by atoms with Gasteiger partial charge in [-0.1, -0.05) is 30.3 Å². The number of hydrogen-bond donors (Lipinski definition) is 0. The van der Waals surface area contributed by atoms with Gasteiger partial charge in [-0.05, 0) is 54.9 Å². The summed E-state index contributed by atoms with van der Waals surface area (Å²) in [6, 6.07) is 16.7. The van der Waals surface area contributed by atoms with Crippen LogP contribution in [0.3, 0.4) is 0 Å². The van der Waals surface area contributed by atoms with E-state index in [1.807, 2.05) is 6.07 Å². The fraction of sp³-hybridized carbons (Fsp3) is 0.111. The molecule has 0 unspecified atom stereocenters. The van der Waals surface area contributed by atoms with E-state index in [-0.39, 0.29) is 0 Å². The lowest BCUT2D eigenvalue weighted by Crippen LogP contribution is -1.89. The second kappa shape index (κ2) is 5.38. The molecule has 0 fully saturated rings. The number of rotatable bonds is 2. The Bertz CT molecular complexity index is 956. The van der Waals surface area contributed by atoms with Gasteiger partial charge in [-0.3, -0.25) is 0 Å². The standard InChI is InChI=1S/C18H14N2S2/c1-11-6-5-7-13-12(2)10-16(20-17(11)13)22-18-19-14-8-3-4-9-15(14)21-18/h3-10H,1-2H3. The fourth-order valence-corrected chi connectivity index (χ4v) is 4.65. The molecule has 0 atom stereocenters. The molecule has 4 rings (SSSR count). The van der Waals surface area contributed by atoms with Gasteiger partial charge in [0.05, 0.1) is 15.7 Å². The highest BCUT2D eigenvalue weighted by Crippen LogP contribution is 2.35. The third-order valence-corrected chi connectivity index (χ3v) is 5.71. The monoisotopic (exact) mass is 322 g/mol. The number of fused-ring (bicyclic) bond motifs is 2. The highest BCUT2D eigenvalue weighted by Gasteiger charge is 2.09. The zero-order valence-electron chi connectivity index (χ0n) is 12.3. The Morgan fingerprint density at radius 1 is 0.909 bits per heavy atom. The lowest BCUT2D eigenvalue weighted by Gasteiger charge is -2.07. The van der Waals surface area contributed by atoms with Gasteiger partial charge in [0.1, 0.15) is 5.03 Å². The Kier molecular flexibility index (Phi) is 3.36. The predicted octanol–water partition coefficient (Wildman–Crippen LogP) is 5.61. The van der Waals surface area contributed by atoms with Crippen molar-refractivity contribution in [2.75, 3.05) is 0 Å². The highest BCUT2D eigenvalue weighted by atomic mass is 32.2. The zero-order chi connectivity index (χ0) is 15.1. The molecule has 0 saturated carbocycles. The number of aromatic nitrogens is 2. The Morgan fingerprint density at radius 2 is 1.77 bits per heavy atom. The first-order valence-corrected chi connectivity index (χ1v) is 8.74. The van der Waals surface area contributed by atoms with Gasteiger partial charge in [0.2, 0.25) is 0 Å². The summed E-state index contributed by atoms with van der Waals surface area (Å²) in [6.45, 7) is 4.26. The molecule has 2 heterocycles. The zero-order valence-corrected chi connectivity index (χ0v) is 14.0. The van der Waals surface area contributed by atoms with Gasteiger partial charge in [0.25, 0.3) is 0 Å². The van der Waals surface area contributed by atoms with E-state index in [0.29, 0.717) is 0 Å².